The molecule has 4 nitrogen and oxygen atoms in total. The number of ether oxygens (including phenoxy) is 2. The van der Waals surface area contributed by atoms with Crippen LogP contribution < -0.4 is 4.74 Å². The highest BCUT2D eigenvalue weighted by atomic mass is 35.5. The normalized spacial score (nSPS) is 23.0. The first kappa shape index (κ1) is 18.5. The maximum Gasteiger partial charge on any atom is 0.309 e. The van der Waals surface area contributed by atoms with Crippen LogP contribution in [0.4, 0.5) is 0 Å². The van der Waals surface area contributed by atoms with Gasteiger partial charge in [-0.05, 0) is 48.4 Å². The molecule has 0 amide bonds. The number of carbonyl (C=O) groups excluding carboxylic acids is 1. The van der Waals surface area contributed by atoms with Crippen LogP contribution in [0, 0.1) is 0 Å². The standard InChI is InChI=1S/C21H21ClO4/c1-21(24)12-19(26-20(23)13-21)11-6-15-4-9-18(10-5-15)25-14-16-2-7-17(22)8-3-16/h2-11,19,24H,12-14H2,1H3. The summed E-state index contributed by atoms with van der Waals surface area (Å²) in [6, 6.07) is 15.2. The van der Waals surface area contributed by atoms with Crippen LogP contribution in [-0.2, 0) is 16.1 Å². The van der Waals surface area contributed by atoms with E-state index in [0.717, 1.165) is 16.9 Å². The van der Waals surface area contributed by atoms with Crippen LogP contribution in [0.15, 0.2) is 54.6 Å². The van der Waals surface area contributed by atoms with Crippen molar-refractivity contribution in [3.63, 3.8) is 0 Å². The van der Waals surface area contributed by atoms with Gasteiger partial charge < -0.3 is 14.6 Å². The Morgan fingerprint density at radius 1 is 1.23 bits per heavy atom. The molecule has 5 heteroatoms. The summed E-state index contributed by atoms with van der Waals surface area (Å²) in [7, 11) is 0. The molecule has 2 unspecified atom stereocenters. The van der Waals surface area contributed by atoms with E-state index >= 15 is 0 Å². The molecule has 0 spiro atoms. The van der Waals surface area contributed by atoms with Crippen LogP contribution in [0.2, 0.25) is 5.02 Å². The van der Waals surface area contributed by atoms with E-state index in [4.69, 9.17) is 21.1 Å². The second-order valence-corrected chi connectivity index (χ2v) is 7.19. The van der Waals surface area contributed by atoms with Crippen molar-refractivity contribution in [3.05, 3.63) is 70.8 Å². The number of halogens is 1. The van der Waals surface area contributed by atoms with E-state index < -0.39 is 11.7 Å². The number of aliphatic hydroxyl groups is 1. The molecular weight excluding hydrogens is 352 g/mol. The van der Waals surface area contributed by atoms with Crippen LogP contribution in [0.3, 0.4) is 0 Å². The van der Waals surface area contributed by atoms with E-state index in [1.54, 1.807) is 13.0 Å². The monoisotopic (exact) mass is 372 g/mol. The van der Waals surface area contributed by atoms with Crippen LogP contribution in [0.5, 0.6) is 5.75 Å². The number of carbonyl (C=O) groups is 1. The summed E-state index contributed by atoms with van der Waals surface area (Å²) in [6.07, 6.45) is 3.71. The molecule has 2 atom stereocenters. The van der Waals surface area contributed by atoms with Crippen molar-refractivity contribution in [2.45, 2.75) is 38.1 Å². The Balaban J connectivity index is 1.55. The molecule has 0 radical (unpaired) electrons. The van der Waals surface area contributed by atoms with Gasteiger partial charge in [-0.2, -0.15) is 0 Å². The maximum atomic E-state index is 11.5. The Bertz CT molecular complexity index is 779. The molecule has 1 saturated heterocycles. The summed E-state index contributed by atoms with van der Waals surface area (Å²) >= 11 is 5.87. The van der Waals surface area contributed by atoms with Crippen LogP contribution in [-0.4, -0.2) is 22.8 Å². The van der Waals surface area contributed by atoms with Crippen LogP contribution >= 0.6 is 11.6 Å². The van der Waals surface area contributed by atoms with Crippen molar-refractivity contribution < 1.29 is 19.4 Å². The predicted molar refractivity (Wildman–Crippen MR) is 101 cm³/mol. The molecule has 1 heterocycles. The summed E-state index contributed by atoms with van der Waals surface area (Å²) in [6.45, 7) is 2.13. The minimum Gasteiger partial charge on any atom is -0.489 e. The molecule has 2 aromatic rings. The van der Waals surface area contributed by atoms with Crippen molar-refractivity contribution in [2.24, 2.45) is 0 Å². The second kappa shape index (κ2) is 7.94. The van der Waals surface area contributed by atoms with Gasteiger partial charge in [0.05, 0.1) is 12.0 Å². The predicted octanol–water partition coefficient (Wildman–Crippen LogP) is 4.39. The quantitative estimate of drug-likeness (QED) is 0.791. The first-order chi connectivity index (χ1) is 12.4. The van der Waals surface area contributed by atoms with Gasteiger partial charge in [0, 0.05) is 11.4 Å². The topological polar surface area (TPSA) is 55.8 Å². The third-order valence-corrected chi connectivity index (χ3v) is 4.40. The van der Waals surface area contributed by atoms with Gasteiger partial charge in [0.25, 0.3) is 0 Å². The fraction of sp³-hybridized carbons (Fsp3) is 0.286. The average Bonchev–Trinajstić information content (AvgIpc) is 2.59. The molecule has 1 aliphatic rings. The smallest absolute Gasteiger partial charge is 0.309 e. The highest BCUT2D eigenvalue weighted by Crippen LogP contribution is 2.26. The van der Waals surface area contributed by atoms with Gasteiger partial charge in [0.2, 0.25) is 0 Å². The van der Waals surface area contributed by atoms with E-state index in [1.807, 2.05) is 54.6 Å². The summed E-state index contributed by atoms with van der Waals surface area (Å²) in [5, 5.41) is 10.8. The Hall–Kier alpha value is -2.30. The van der Waals surface area contributed by atoms with Crippen molar-refractivity contribution in [3.8, 4) is 5.75 Å². The lowest BCUT2D eigenvalue weighted by atomic mass is 9.92. The molecule has 1 aliphatic heterocycles. The fourth-order valence-electron chi connectivity index (χ4n) is 2.82. The molecule has 2 aromatic carbocycles. The Kier molecular flexibility index (Phi) is 5.64. The minimum absolute atomic E-state index is 0.0387. The molecule has 3 rings (SSSR count). The SMILES string of the molecule is CC1(O)CC(=O)OC(C=Cc2ccc(OCc3ccc(Cl)cc3)cc2)C1. The highest BCUT2D eigenvalue weighted by Gasteiger charge is 2.34. The number of cyclic esters (lactones) is 1. The van der Waals surface area contributed by atoms with Crippen molar-refractivity contribution in [1.82, 2.24) is 0 Å². The van der Waals surface area contributed by atoms with E-state index in [0.29, 0.717) is 18.1 Å². The lowest BCUT2D eigenvalue weighted by molar-refractivity contribution is -0.163. The van der Waals surface area contributed by atoms with Gasteiger partial charge in [-0.1, -0.05) is 41.9 Å². The van der Waals surface area contributed by atoms with Crippen LogP contribution in [0.1, 0.15) is 30.9 Å². The van der Waals surface area contributed by atoms with Gasteiger partial charge in [-0.15, -0.1) is 0 Å². The maximum absolute atomic E-state index is 11.5. The molecule has 0 aromatic heterocycles. The Labute approximate surface area is 158 Å². The van der Waals surface area contributed by atoms with Gasteiger partial charge in [-0.25, -0.2) is 0 Å². The van der Waals surface area contributed by atoms with Gasteiger partial charge in [-0.3, -0.25) is 4.79 Å². The van der Waals surface area contributed by atoms with Gasteiger partial charge in [0.15, 0.2) is 0 Å². The lowest BCUT2D eigenvalue weighted by Crippen LogP contribution is -2.40. The molecule has 0 saturated carbocycles. The number of hydrogen-bond donors (Lipinski definition) is 1. The van der Waals surface area contributed by atoms with Crippen LogP contribution in [0.25, 0.3) is 6.08 Å². The van der Waals surface area contributed by atoms with Crippen molar-refractivity contribution in [1.29, 1.82) is 0 Å². The summed E-state index contributed by atoms with van der Waals surface area (Å²) in [5.74, 6) is 0.394. The summed E-state index contributed by atoms with van der Waals surface area (Å²) < 4.78 is 11.0. The number of benzene rings is 2. The van der Waals surface area contributed by atoms with E-state index in [1.165, 1.54) is 0 Å². The number of rotatable bonds is 5. The van der Waals surface area contributed by atoms with E-state index in [2.05, 4.69) is 0 Å². The molecular formula is C21H21ClO4. The third-order valence-electron chi connectivity index (χ3n) is 4.15. The zero-order chi connectivity index (χ0) is 18.6. The first-order valence-corrected chi connectivity index (χ1v) is 8.85. The van der Waals surface area contributed by atoms with E-state index in [9.17, 15) is 9.90 Å². The molecule has 0 bridgehead atoms. The zero-order valence-electron chi connectivity index (χ0n) is 14.5. The third kappa shape index (κ3) is 5.35. The molecule has 0 aliphatic carbocycles. The van der Waals surface area contributed by atoms with Crippen molar-refractivity contribution >= 4 is 23.6 Å². The first-order valence-electron chi connectivity index (χ1n) is 8.47. The van der Waals surface area contributed by atoms with Crippen molar-refractivity contribution in [2.75, 3.05) is 0 Å². The van der Waals surface area contributed by atoms with Gasteiger partial charge in [0.1, 0.15) is 18.5 Å². The largest absolute Gasteiger partial charge is 0.489 e. The number of hydrogen-bond acceptors (Lipinski definition) is 4. The highest BCUT2D eigenvalue weighted by molar-refractivity contribution is 6.30. The molecule has 1 N–H and O–H groups in total. The Morgan fingerprint density at radius 3 is 2.58 bits per heavy atom. The second-order valence-electron chi connectivity index (χ2n) is 6.75. The average molecular weight is 373 g/mol. The number of esters is 1. The lowest BCUT2D eigenvalue weighted by Gasteiger charge is -2.31. The Morgan fingerprint density at radius 2 is 1.92 bits per heavy atom. The molecule has 26 heavy (non-hydrogen) atoms. The van der Waals surface area contributed by atoms with Gasteiger partial charge >= 0.3 is 5.97 Å². The molecule has 1 fully saturated rings. The summed E-state index contributed by atoms with van der Waals surface area (Å²) in [4.78, 5) is 11.5. The summed E-state index contributed by atoms with van der Waals surface area (Å²) in [5.41, 5.74) is 0.999. The molecule has 136 valence electrons. The fourth-order valence-corrected chi connectivity index (χ4v) is 2.94. The van der Waals surface area contributed by atoms with E-state index in [-0.39, 0.29) is 12.4 Å². The zero-order valence-corrected chi connectivity index (χ0v) is 15.3. The minimum atomic E-state index is -1.01.